The first-order chi connectivity index (χ1) is 16.6. The summed E-state index contributed by atoms with van der Waals surface area (Å²) in [6.45, 7) is 14.2. The van der Waals surface area contributed by atoms with Crippen LogP contribution in [0.5, 0.6) is 0 Å². The van der Waals surface area contributed by atoms with Crippen molar-refractivity contribution >= 4 is 15.8 Å². The molecule has 0 atom stereocenters. The molecule has 0 aliphatic heterocycles. The molecule has 0 aromatic heterocycles. The second kappa shape index (κ2) is 21.2. The molecule has 1 aromatic carbocycles. The monoisotopic (exact) mass is 506 g/mol. The molecule has 0 bridgehead atoms. The van der Waals surface area contributed by atoms with E-state index >= 15 is 0 Å². The average molecular weight is 507 g/mol. The Bertz CT molecular complexity index is 540. The summed E-state index contributed by atoms with van der Waals surface area (Å²) in [6, 6.07) is 5.49. The molecule has 0 unspecified atom stereocenters. The van der Waals surface area contributed by atoms with Crippen LogP contribution in [0, 0.1) is 0 Å². The van der Waals surface area contributed by atoms with E-state index in [9.17, 15) is 0 Å². The number of rotatable bonds is 22. The Morgan fingerprint density at radius 2 is 0.706 bits per heavy atom. The molecule has 0 heterocycles. The highest BCUT2D eigenvalue weighted by molar-refractivity contribution is 7.57. The Morgan fingerprint density at radius 3 is 0.971 bits per heavy atom. The van der Waals surface area contributed by atoms with E-state index in [1.54, 1.807) is 22.3 Å². The summed E-state index contributed by atoms with van der Waals surface area (Å²) in [5.41, 5.74) is 6.98. The Hall–Kier alpha value is 0.0800. The quantitative estimate of drug-likeness (QED) is 0.137. The van der Waals surface area contributed by atoms with Crippen LogP contribution in [0.3, 0.4) is 0 Å². The molecule has 0 aliphatic rings. The predicted molar refractivity (Wildman–Crippen MR) is 164 cm³/mol. The molecule has 0 aliphatic carbocycles. The molecule has 0 radical (unpaired) electrons. The zero-order chi connectivity index (χ0) is 25.0. The zero-order valence-corrected chi connectivity index (χ0v) is 26.0. The van der Waals surface area contributed by atoms with Gasteiger partial charge in [-0.1, -0.05) is 92.2 Å². The summed E-state index contributed by atoms with van der Waals surface area (Å²) in [6.07, 6.45) is 27.8. The van der Waals surface area contributed by atoms with Gasteiger partial charge in [0.1, 0.15) is 0 Å². The molecule has 198 valence electrons. The summed E-state index contributed by atoms with van der Waals surface area (Å²) in [7, 11) is 0.299. The van der Waals surface area contributed by atoms with E-state index in [0.29, 0.717) is 0 Å². The van der Waals surface area contributed by atoms with Gasteiger partial charge in [-0.3, -0.25) is 0 Å². The average Bonchev–Trinajstić information content (AvgIpc) is 2.85. The van der Waals surface area contributed by atoms with E-state index in [1.807, 2.05) is 0 Å². The molecule has 0 spiro atoms. The molecule has 0 saturated heterocycles. The first-order valence-electron chi connectivity index (χ1n) is 15.2. The van der Waals surface area contributed by atoms with Crippen LogP contribution in [0.4, 0.5) is 0 Å². The first kappa shape index (κ1) is 32.1. The second-order valence-corrected chi connectivity index (χ2v) is 15.7. The summed E-state index contributed by atoms with van der Waals surface area (Å²) in [4.78, 5) is 0. The lowest BCUT2D eigenvalue weighted by atomic mass is 9.93. The van der Waals surface area contributed by atoms with E-state index in [4.69, 9.17) is 0 Å². The van der Waals surface area contributed by atoms with Gasteiger partial charge in [-0.25, -0.2) is 0 Å². The van der Waals surface area contributed by atoms with E-state index < -0.39 is 0 Å². The van der Waals surface area contributed by atoms with Gasteiger partial charge in [0.2, 0.25) is 0 Å². The minimum atomic E-state index is 0.149. The Kier molecular flexibility index (Phi) is 20.0. The summed E-state index contributed by atoms with van der Waals surface area (Å²) in [5.74, 6) is 0. The van der Waals surface area contributed by atoms with Gasteiger partial charge in [-0.2, -0.15) is 0 Å². The molecule has 1 aromatic rings. The van der Waals surface area contributed by atoms with E-state index in [-0.39, 0.29) is 15.8 Å². The number of unbranched alkanes of at least 4 members (excludes halogenated alkanes) is 6. The topological polar surface area (TPSA) is 0 Å². The smallest absolute Gasteiger partial charge is 0.00701 e. The van der Waals surface area contributed by atoms with Crippen molar-refractivity contribution in [1.29, 1.82) is 0 Å². The van der Waals surface area contributed by atoms with Gasteiger partial charge >= 0.3 is 0 Å². The minimum Gasteiger partial charge on any atom is -0.102 e. The molecular formula is C32H60P2. The number of hydrogen-bond acceptors (Lipinski definition) is 0. The summed E-state index contributed by atoms with van der Waals surface area (Å²) >= 11 is 0. The third kappa shape index (κ3) is 13.4. The molecule has 0 N–H and O–H groups in total. The summed E-state index contributed by atoms with van der Waals surface area (Å²) in [5, 5.41) is 0. The highest BCUT2D eigenvalue weighted by Gasteiger charge is 2.17. The van der Waals surface area contributed by atoms with Crippen molar-refractivity contribution in [2.24, 2.45) is 0 Å². The standard InChI is InChI=1S/C32H60P2/c1-7-13-19-29-25-31(27-33(21-15-9-3)22-16-10-4)32(26-30(29)20-14-8-2)28-34(23-17-11-5)24-18-12-6/h25-26H,7-24,27-28H2,1-6H3. The van der Waals surface area contributed by atoms with Gasteiger partial charge in [0.05, 0.1) is 0 Å². The van der Waals surface area contributed by atoms with Crippen LogP contribution in [-0.2, 0) is 25.2 Å². The van der Waals surface area contributed by atoms with E-state index in [2.05, 4.69) is 53.7 Å². The van der Waals surface area contributed by atoms with Crippen molar-refractivity contribution in [3.63, 3.8) is 0 Å². The lowest BCUT2D eigenvalue weighted by Crippen LogP contribution is -2.05. The minimum absolute atomic E-state index is 0.149. The van der Waals surface area contributed by atoms with Crippen molar-refractivity contribution in [3.8, 4) is 0 Å². The highest BCUT2D eigenvalue weighted by atomic mass is 31.1. The number of aryl methyl sites for hydroxylation is 2. The van der Waals surface area contributed by atoms with Crippen LogP contribution in [0.15, 0.2) is 12.1 Å². The third-order valence-electron chi connectivity index (χ3n) is 7.22. The summed E-state index contributed by atoms with van der Waals surface area (Å²) < 4.78 is 0. The van der Waals surface area contributed by atoms with Gasteiger partial charge in [0.25, 0.3) is 0 Å². The fraction of sp³-hybridized carbons (Fsp3) is 0.812. The molecule has 0 amide bonds. The van der Waals surface area contributed by atoms with Gasteiger partial charge < -0.3 is 0 Å². The Balaban J connectivity index is 3.32. The van der Waals surface area contributed by atoms with Gasteiger partial charge in [0, 0.05) is 0 Å². The highest BCUT2D eigenvalue weighted by Crippen LogP contribution is 2.47. The SMILES string of the molecule is CCCCc1cc(CP(CCCC)CCCC)c(CP(CCCC)CCCC)cc1CCCC. The second-order valence-electron chi connectivity index (χ2n) is 10.6. The van der Waals surface area contributed by atoms with Crippen molar-refractivity contribution in [1.82, 2.24) is 0 Å². The lowest BCUT2D eigenvalue weighted by Gasteiger charge is -2.25. The van der Waals surface area contributed by atoms with Gasteiger partial charge in [0.15, 0.2) is 0 Å². The van der Waals surface area contributed by atoms with Crippen LogP contribution in [0.25, 0.3) is 0 Å². The lowest BCUT2D eigenvalue weighted by molar-refractivity contribution is 0.756. The van der Waals surface area contributed by atoms with E-state index in [1.165, 1.54) is 127 Å². The predicted octanol–water partition coefficient (Wildman–Crippen LogP) is 11.5. The van der Waals surface area contributed by atoms with E-state index in [0.717, 1.165) is 0 Å². The van der Waals surface area contributed by atoms with Crippen LogP contribution in [-0.4, -0.2) is 24.6 Å². The van der Waals surface area contributed by atoms with Crippen LogP contribution < -0.4 is 0 Å². The Morgan fingerprint density at radius 1 is 0.412 bits per heavy atom. The van der Waals surface area contributed by atoms with Gasteiger partial charge in [-0.05, 0) is 111 Å². The fourth-order valence-corrected chi connectivity index (χ4v) is 10.5. The maximum Gasteiger partial charge on any atom is -0.00701 e. The molecule has 0 nitrogen and oxygen atoms in total. The van der Waals surface area contributed by atoms with Crippen molar-refractivity contribution in [3.05, 3.63) is 34.4 Å². The Labute approximate surface area is 218 Å². The van der Waals surface area contributed by atoms with Crippen LogP contribution >= 0.6 is 15.8 Å². The normalized spacial score (nSPS) is 11.8. The molecule has 0 saturated carbocycles. The van der Waals surface area contributed by atoms with Crippen molar-refractivity contribution in [2.45, 2.75) is 144 Å². The third-order valence-corrected chi connectivity index (χ3v) is 12.6. The fourth-order valence-electron chi connectivity index (χ4n) is 4.83. The first-order valence-corrected chi connectivity index (χ1v) is 19.0. The maximum atomic E-state index is 2.75. The molecule has 1 rings (SSSR count). The number of benzene rings is 1. The molecule has 34 heavy (non-hydrogen) atoms. The number of hydrogen-bond donors (Lipinski definition) is 0. The molecule has 0 fully saturated rings. The van der Waals surface area contributed by atoms with Gasteiger partial charge in [-0.15, -0.1) is 15.8 Å². The maximum absolute atomic E-state index is 2.75. The van der Waals surface area contributed by atoms with Crippen LogP contribution in [0.1, 0.15) is 141 Å². The molecular weight excluding hydrogens is 446 g/mol. The van der Waals surface area contributed by atoms with Crippen molar-refractivity contribution in [2.75, 3.05) is 24.6 Å². The zero-order valence-electron chi connectivity index (χ0n) is 24.2. The van der Waals surface area contributed by atoms with Crippen LogP contribution in [0.2, 0.25) is 0 Å². The van der Waals surface area contributed by atoms with Crippen molar-refractivity contribution < 1.29 is 0 Å². The largest absolute Gasteiger partial charge is 0.102 e. The molecule has 2 heteroatoms.